The summed E-state index contributed by atoms with van der Waals surface area (Å²) >= 11 is 0. The summed E-state index contributed by atoms with van der Waals surface area (Å²) in [4.78, 5) is 24.1. The Kier molecular flexibility index (Phi) is 5.00. The van der Waals surface area contributed by atoms with Crippen LogP contribution >= 0.6 is 0 Å². The Labute approximate surface area is 155 Å². The fourth-order valence-electron chi connectivity index (χ4n) is 2.68. The molecule has 0 aliphatic rings. The van der Waals surface area contributed by atoms with Crippen LogP contribution < -0.4 is 5.32 Å². The number of amides is 1. The van der Waals surface area contributed by atoms with E-state index in [2.05, 4.69) is 5.32 Å². The molecule has 0 saturated heterocycles. The number of furan rings is 1. The molecule has 1 atom stereocenters. The van der Waals surface area contributed by atoms with Crippen LogP contribution in [0.25, 0.3) is 11.0 Å². The molecule has 0 bridgehead atoms. The molecule has 1 aromatic heterocycles. The molecule has 8 heteroatoms. The normalized spacial score (nSPS) is 12.6. The summed E-state index contributed by atoms with van der Waals surface area (Å²) in [5, 5.41) is 12.7. The van der Waals surface area contributed by atoms with E-state index in [0.29, 0.717) is 11.1 Å². The van der Waals surface area contributed by atoms with Crippen molar-refractivity contribution < 1.29 is 27.5 Å². The van der Waals surface area contributed by atoms with Crippen molar-refractivity contribution in [2.75, 3.05) is 6.26 Å². The highest BCUT2D eigenvalue weighted by atomic mass is 32.2. The van der Waals surface area contributed by atoms with Crippen molar-refractivity contribution in [1.29, 1.82) is 0 Å². The molecule has 7 nitrogen and oxygen atoms in total. The van der Waals surface area contributed by atoms with Gasteiger partial charge in [0.15, 0.2) is 9.84 Å². The molecule has 1 heterocycles. The SMILES string of the molecule is CS(=O)(=O)c1cccc(C[C@H](NC(=O)c2ccc3ccoc3c2)C(=O)O)c1. The van der Waals surface area contributed by atoms with Gasteiger partial charge in [0.2, 0.25) is 0 Å². The Morgan fingerprint density at radius 2 is 1.93 bits per heavy atom. The summed E-state index contributed by atoms with van der Waals surface area (Å²) in [6.07, 6.45) is 2.53. The summed E-state index contributed by atoms with van der Waals surface area (Å²) in [6.45, 7) is 0. The molecule has 0 aliphatic heterocycles. The van der Waals surface area contributed by atoms with Gasteiger partial charge in [0.1, 0.15) is 11.6 Å². The summed E-state index contributed by atoms with van der Waals surface area (Å²) in [5.74, 6) is -1.77. The minimum Gasteiger partial charge on any atom is -0.480 e. The monoisotopic (exact) mass is 387 g/mol. The van der Waals surface area contributed by atoms with Gasteiger partial charge in [-0.25, -0.2) is 13.2 Å². The van der Waals surface area contributed by atoms with Gasteiger partial charge < -0.3 is 14.8 Å². The van der Waals surface area contributed by atoms with Crippen molar-refractivity contribution in [2.45, 2.75) is 17.4 Å². The van der Waals surface area contributed by atoms with Gasteiger partial charge in [-0.05, 0) is 35.9 Å². The number of aliphatic carboxylic acids is 1. The molecular formula is C19H17NO6S. The van der Waals surface area contributed by atoms with Crippen LogP contribution in [0.3, 0.4) is 0 Å². The second-order valence-electron chi connectivity index (χ2n) is 6.16. The van der Waals surface area contributed by atoms with Gasteiger partial charge in [-0.15, -0.1) is 0 Å². The van der Waals surface area contributed by atoms with Crippen LogP contribution in [0.1, 0.15) is 15.9 Å². The second kappa shape index (κ2) is 7.24. The summed E-state index contributed by atoms with van der Waals surface area (Å²) < 4.78 is 28.6. The Hall–Kier alpha value is -3.13. The zero-order valence-electron chi connectivity index (χ0n) is 14.4. The largest absolute Gasteiger partial charge is 0.480 e. The zero-order valence-corrected chi connectivity index (χ0v) is 15.2. The Morgan fingerprint density at radius 1 is 1.15 bits per heavy atom. The average Bonchev–Trinajstić information content (AvgIpc) is 3.08. The highest BCUT2D eigenvalue weighted by Gasteiger charge is 2.22. The number of fused-ring (bicyclic) bond motifs is 1. The van der Waals surface area contributed by atoms with E-state index in [0.717, 1.165) is 11.6 Å². The number of carbonyl (C=O) groups excluding carboxylic acids is 1. The molecule has 0 radical (unpaired) electrons. The van der Waals surface area contributed by atoms with Crippen LogP contribution in [0.5, 0.6) is 0 Å². The number of hydrogen-bond acceptors (Lipinski definition) is 5. The van der Waals surface area contributed by atoms with Crippen molar-refractivity contribution in [3.8, 4) is 0 Å². The van der Waals surface area contributed by atoms with Gasteiger partial charge in [-0.2, -0.15) is 0 Å². The van der Waals surface area contributed by atoms with Crippen LogP contribution in [0.15, 0.2) is 64.1 Å². The highest BCUT2D eigenvalue weighted by molar-refractivity contribution is 7.90. The van der Waals surface area contributed by atoms with Crippen LogP contribution in [-0.4, -0.2) is 37.7 Å². The lowest BCUT2D eigenvalue weighted by atomic mass is 10.1. The lowest BCUT2D eigenvalue weighted by Crippen LogP contribution is -2.42. The molecule has 3 aromatic rings. The molecule has 0 saturated carbocycles. The topological polar surface area (TPSA) is 114 Å². The lowest BCUT2D eigenvalue weighted by Gasteiger charge is -2.15. The predicted molar refractivity (Wildman–Crippen MR) is 98.4 cm³/mol. The maximum atomic E-state index is 12.4. The van der Waals surface area contributed by atoms with Crippen molar-refractivity contribution in [3.05, 3.63) is 65.9 Å². The van der Waals surface area contributed by atoms with E-state index in [4.69, 9.17) is 4.42 Å². The number of carboxylic acid groups (broad SMARTS) is 1. The molecule has 3 rings (SSSR count). The van der Waals surface area contributed by atoms with Gasteiger partial charge in [0.25, 0.3) is 5.91 Å². The molecule has 0 unspecified atom stereocenters. The first-order chi connectivity index (χ1) is 12.7. The fourth-order valence-corrected chi connectivity index (χ4v) is 3.37. The fraction of sp³-hybridized carbons (Fsp3) is 0.158. The number of rotatable bonds is 6. The number of sulfone groups is 1. The first-order valence-electron chi connectivity index (χ1n) is 8.04. The maximum Gasteiger partial charge on any atom is 0.326 e. The van der Waals surface area contributed by atoms with Gasteiger partial charge in [-0.3, -0.25) is 4.79 Å². The van der Waals surface area contributed by atoms with E-state index in [1.165, 1.54) is 30.5 Å². The predicted octanol–water partition coefficient (Wildman–Crippen LogP) is 2.26. The van der Waals surface area contributed by atoms with Crippen LogP contribution in [-0.2, 0) is 21.1 Å². The molecule has 27 heavy (non-hydrogen) atoms. The third-order valence-corrected chi connectivity index (χ3v) is 5.20. The van der Waals surface area contributed by atoms with Crippen LogP contribution in [0, 0.1) is 0 Å². The average molecular weight is 387 g/mol. The number of carbonyl (C=O) groups is 2. The van der Waals surface area contributed by atoms with E-state index in [1.807, 2.05) is 0 Å². The van der Waals surface area contributed by atoms with E-state index in [9.17, 15) is 23.1 Å². The zero-order chi connectivity index (χ0) is 19.6. The third kappa shape index (κ3) is 4.35. The van der Waals surface area contributed by atoms with E-state index in [1.54, 1.807) is 24.3 Å². The van der Waals surface area contributed by atoms with Crippen LogP contribution in [0.2, 0.25) is 0 Å². The summed E-state index contributed by atoms with van der Waals surface area (Å²) in [5.41, 5.74) is 1.29. The maximum absolute atomic E-state index is 12.4. The van der Waals surface area contributed by atoms with Crippen molar-refractivity contribution >= 4 is 32.7 Å². The van der Waals surface area contributed by atoms with Gasteiger partial charge in [-0.1, -0.05) is 18.2 Å². The quantitative estimate of drug-likeness (QED) is 0.671. The number of carboxylic acids is 1. The molecule has 2 N–H and O–H groups in total. The minimum absolute atomic E-state index is 0.0482. The molecule has 0 spiro atoms. The first-order valence-corrected chi connectivity index (χ1v) is 9.93. The summed E-state index contributed by atoms with van der Waals surface area (Å²) in [6, 6.07) is 11.4. The second-order valence-corrected chi connectivity index (χ2v) is 8.18. The molecule has 1 amide bonds. The van der Waals surface area contributed by atoms with Crippen LogP contribution in [0.4, 0.5) is 0 Å². The van der Waals surface area contributed by atoms with E-state index >= 15 is 0 Å². The van der Waals surface area contributed by atoms with E-state index < -0.39 is 27.8 Å². The Morgan fingerprint density at radius 3 is 2.63 bits per heavy atom. The Balaban J connectivity index is 1.79. The van der Waals surface area contributed by atoms with Gasteiger partial charge in [0.05, 0.1) is 11.2 Å². The smallest absolute Gasteiger partial charge is 0.326 e. The van der Waals surface area contributed by atoms with Gasteiger partial charge >= 0.3 is 5.97 Å². The Bertz CT molecular complexity index is 1120. The molecule has 2 aromatic carbocycles. The molecule has 0 aliphatic carbocycles. The van der Waals surface area contributed by atoms with Gasteiger partial charge in [0, 0.05) is 23.6 Å². The van der Waals surface area contributed by atoms with Crippen molar-refractivity contribution in [3.63, 3.8) is 0 Å². The number of nitrogens with one attached hydrogen (secondary N) is 1. The van der Waals surface area contributed by atoms with E-state index in [-0.39, 0.29) is 16.9 Å². The molecule has 0 fully saturated rings. The third-order valence-electron chi connectivity index (χ3n) is 4.09. The highest BCUT2D eigenvalue weighted by Crippen LogP contribution is 2.17. The first kappa shape index (κ1) is 18.7. The molecular weight excluding hydrogens is 370 g/mol. The van der Waals surface area contributed by atoms with Crippen molar-refractivity contribution in [2.24, 2.45) is 0 Å². The number of hydrogen-bond donors (Lipinski definition) is 2. The van der Waals surface area contributed by atoms with Crippen molar-refractivity contribution in [1.82, 2.24) is 5.32 Å². The number of benzene rings is 2. The minimum atomic E-state index is -3.41. The molecule has 140 valence electrons. The standard InChI is InChI=1S/C19H17NO6S/c1-27(24,25)15-4-2-3-12(9-15)10-16(19(22)23)20-18(21)14-6-5-13-7-8-26-17(13)11-14/h2-9,11,16H,10H2,1H3,(H,20,21)(H,22,23)/t16-/m0/s1. The summed E-state index contributed by atoms with van der Waals surface area (Å²) in [7, 11) is -3.41. The lowest BCUT2D eigenvalue weighted by molar-refractivity contribution is -0.139.